The average Bonchev–Trinajstić information content (AvgIpc) is 2.89. The predicted octanol–water partition coefficient (Wildman–Crippen LogP) is 5.57. The third-order valence-electron chi connectivity index (χ3n) is 5.92. The third-order valence-corrected chi connectivity index (χ3v) is 6.51. The van der Waals surface area contributed by atoms with Gasteiger partial charge in [0.15, 0.2) is 5.75 Å². The van der Waals surface area contributed by atoms with E-state index in [2.05, 4.69) is 35.6 Å². The molecule has 0 atom stereocenters. The number of amides is 2. The second kappa shape index (κ2) is 11.8. The molecular weight excluding hydrogens is 546 g/mol. The molecular formula is C28H33N7O5S. The third kappa shape index (κ3) is 7.31. The molecule has 216 valence electrons. The maximum Gasteiger partial charge on any atom is 0.326 e. The lowest BCUT2D eigenvalue weighted by Gasteiger charge is -2.24. The molecule has 0 saturated carbocycles. The summed E-state index contributed by atoms with van der Waals surface area (Å²) in [4.78, 5) is 25.7. The van der Waals surface area contributed by atoms with Gasteiger partial charge in [-0.3, -0.25) is 4.72 Å². The summed E-state index contributed by atoms with van der Waals surface area (Å²) in [6.45, 7) is 8.53. The van der Waals surface area contributed by atoms with Gasteiger partial charge >= 0.3 is 12.0 Å². The van der Waals surface area contributed by atoms with E-state index < -0.39 is 16.1 Å². The lowest BCUT2D eigenvalue weighted by atomic mass is 9.86. The normalized spacial score (nSPS) is 11.6. The SMILES string of the molecule is CCNc1ncnc(Oc2ccc(NC(=O)Nc3cc(C(C)(C)C)cc(NS(C)(=O)=O)c3OC)c3ccccc23)n1. The Balaban J connectivity index is 1.64. The van der Waals surface area contributed by atoms with Crippen molar-refractivity contribution in [2.75, 3.05) is 40.6 Å². The average molecular weight is 580 g/mol. The van der Waals surface area contributed by atoms with Crippen molar-refractivity contribution in [2.45, 2.75) is 33.1 Å². The Labute approximate surface area is 239 Å². The molecule has 0 spiro atoms. The van der Waals surface area contributed by atoms with Crippen molar-refractivity contribution in [1.29, 1.82) is 0 Å². The number of hydrogen-bond donors (Lipinski definition) is 4. The van der Waals surface area contributed by atoms with Crippen LogP contribution < -0.4 is 30.1 Å². The number of hydrogen-bond acceptors (Lipinski definition) is 9. The Hall–Kier alpha value is -4.65. The summed E-state index contributed by atoms with van der Waals surface area (Å²) in [7, 11) is -2.20. The first-order valence-electron chi connectivity index (χ1n) is 12.8. The molecule has 13 heteroatoms. The number of urea groups is 1. The molecule has 4 aromatic rings. The zero-order valence-electron chi connectivity index (χ0n) is 23.7. The number of nitrogens with one attached hydrogen (secondary N) is 4. The first-order valence-corrected chi connectivity index (χ1v) is 14.7. The highest BCUT2D eigenvalue weighted by molar-refractivity contribution is 7.92. The summed E-state index contributed by atoms with van der Waals surface area (Å²) in [6, 6.07) is 13.9. The maximum atomic E-state index is 13.2. The fourth-order valence-corrected chi connectivity index (χ4v) is 4.62. The number of fused-ring (bicyclic) bond motifs is 1. The van der Waals surface area contributed by atoms with Crippen molar-refractivity contribution in [3.05, 3.63) is 60.4 Å². The van der Waals surface area contributed by atoms with Crippen molar-refractivity contribution in [3.8, 4) is 17.5 Å². The molecule has 0 saturated heterocycles. The highest BCUT2D eigenvalue weighted by Crippen LogP contribution is 2.39. The van der Waals surface area contributed by atoms with Gasteiger partial charge in [-0.2, -0.15) is 9.97 Å². The van der Waals surface area contributed by atoms with Gasteiger partial charge in [-0.1, -0.05) is 45.0 Å². The molecule has 0 unspecified atom stereocenters. The van der Waals surface area contributed by atoms with Crippen LogP contribution in [0.4, 0.5) is 27.8 Å². The van der Waals surface area contributed by atoms with E-state index >= 15 is 0 Å². The van der Waals surface area contributed by atoms with Crippen LogP contribution >= 0.6 is 0 Å². The second-order valence-electron chi connectivity index (χ2n) is 10.2. The second-order valence-corrected chi connectivity index (χ2v) is 11.9. The van der Waals surface area contributed by atoms with E-state index in [4.69, 9.17) is 9.47 Å². The van der Waals surface area contributed by atoms with Crippen LogP contribution in [-0.4, -0.2) is 49.3 Å². The van der Waals surface area contributed by atoms with Crippen LogP contribution in [0.3, 0.4) is 0 Å². The number of carbonyl (C=O) groups is 1. The zero-order chi connectivity index (χ0) is 29.8. The summed E-state index contributed by atoms with van der Waals surface area (Å²) in [5.41, 5.74) is 1.50. The number of ether oxygens (including phenoxy) is 2. The Bertz CT molecular complexity index is 1690. The summed E-state index contributed by atoms with van der Waals surface area (Å²) in [5, 5.41) is 10.1. The standard InChI is InChI=1S/C28H33N7O5S/c1-7-29-25-30-16-31-27(34-25)40-23-13-12-20(18-10-8-9-11-19(18)23)32-26(36)33-21-14-17(28(2,3)4)15-22(24(21)39-5)35-41(6,37)38/h8-16,35H,7H2,1-6H3,(H2,32,33,36)(H,29,30,31,34). The van der Waals surface area contributed by atoms with Crippen LogP contribution in [0, 0.1) is 0 Å². The van der Waals surface area contributed by atoms with Gasteiger partial charge in [0.2, 0.25) is 16.0 Å². The highest BCUT2D eigenvalue weighted by Gasteiger charge is 2.22. The lowest BCUT2D eigenvalue weighted by Crippen LogP contribution is -2.22. The van der Waals surface area contributed by atoms with Crippen LogP contribution in [-0.2, 0) is 15.4 Å². The van der Waals surface area contributed by atoms with E-state index in [1.54, 1.807) is 24.3 Å². The number of rotatable bonds is 9. The molecule has 0 fully saturated rings. The predicted molar refractivity (Wildman–Crippen MR) is 161 cm³/mol. The molecule has 0 radical (unpaired) electrons. The molecule has 0 aliphatic rings. The van der Waals surface area contributed by atoms with Gasteiger partial charge in [0.1, 0.15) is 12.1 Å². The van der Waals surface area contributed by atoms with E-state index in [1.807, 2.05) is 52.0 Å². The van der Waals surface area contributed by atoms with E-state index in [0.29, 0.717) is 29.6 Å². The van der Waals surface area contributed by atoms with Crippen molar-refractivity contribution in [1.82, 2.24) is 15.0 Å². The fourth-order valence-electron chi connectivity index (χ4n) is 4.07. The number of aromatic nitrogens is 3. The fraction of sp³-hybridized carbons (Fsp3) is 0.286. The van der Waals surface area contributed by atoms with Crippen LogP contribution in [0.1, 0.15) is 33.3 Å². The monoisotopic (exact) mass is 579 g/mol. The summed E-state index contributed by atoms with van der Waals surface area (Å²) < 4.78 is 38.0. The van der Waals surface area contributed by atoms with E-state index in [9.17, 15) is 13.2 Å². The smallest absolute Gasteiger partial charge is 0.326 e. The van der Waals surface area contributed by atoms with Crippen LogP contribution in [0.2, 0.25) is 0 Å². The topological polar surface area (TPSA) is 156 Å². The number of carbonyl (C=O) groups excluding carboxylic acids is 1. The van der Waals surface area contributed by atoms with Crippen LogP contribution in [0.15, 0.2) is 54.9 Å². The summed E-state index contributed by atoms with van der Waals surface area (Å²) in [6.07, 6.45) is 2.42. The van der Waals surface area contributed by atoms with Gasteiger partial charge in [0.05, 0.1) is 30.4 Å². The first-order chi connectivity index (χ1) is 19.4. The molecule has 3 aromatic carbocycles. The Morgan fingerprint density at radius 1 is 0.951 bits per heavy atom. The van der Waals surface area contributed by atoms with E-state index in [0.717, 1.165) is 22.6 Å². The number of methoxy groups -OCH3 is 1. The first kappa shape index (κ1) is 29.3. The Morgan fingerprint density at radius 2 is 1.63 bits per heavy atom. The molecule has 0 aliphatic carbocycles. The number of sulfonamides is 1. The minimum atomic E-state index is -3.61. The summed E-state index contributed by atoms with van der Waals surface area (Å²) >= 11 is 0. The molecule has 0 aliphatic heterocycles. The number of benzene rings is 3. The van der Waals surface area contributed by atoms with Gasteiger partial charge < -0.3 is 25.4 Å². The van der Waals surface area contributed by atoms with Gasteiger partial charge in [0, 0.05) is 17.3 Å². The Morgan fingerprint density at radius 3 is 2.29 bits per heavy atom. The van der Waals surface area contributed by atoms with Gasteiger partial charge in [-0.15, -0.1) is 0 Å². The molecule has 0 bridgehead atoms. The van der Waals surface area contributed by atoms with Crippen molar-refractivity contribution < 1.29 is 22.7 Å². The summed E-state index contributed by atoms with van der Waals surface area (Å²) in [5.74, 6) is 1.08. The van der Waals surface area contributed by atoms with Crippen molar-refractivity contribution >= 4 is 49.8 Å². The molecule has 1 heterocycles. The lowest BCUT2D eigenvalue weighted by molar-refractivity contribution is 0.262. The van der Waals surface area contributed by atoms with Crippen LogP contribution in [0.25, 0.3) is 10.8 Å². The molecule has 12 nitrogen and oxygen atoms in total. The van der Waals surface area contributed by atoms with Gasteiger partial charge in [-0.05, 0) is 42.2 Å². The quantitative estimate of drug-likeness (QED) is 0.199. The molecule has 4 N–H and O–H groups in total. The highest BCUT2D eigenvalue weighted by atomic mass is 32.2. The molecule has 4 rings (SSSR count). The van der Waals surface area contributed by atoms with Crippen molar-refractivity contribution in [2.24, 2.45) is 0 Å². The minimum absolute atomic E-state index is 0.129. The zero-order valence-corrected chi connectivity index (χ0v) is 24.5. The maximum absolute atomic E-state index is 13.2. The largest absolute Gasteiger partial charge is 0.492 e. The molecule has 2 amide bonds. The minimum Gasteiger partial charge on any atom is -0.492 e. The molecule has 1 aromatic heterocycles. The number of nitrogens with zero attached hydrogens (tertiary/aromatic N) is 3. The van der Waals surface area contributed by atoms with E-state index in [-0.39, 0.29) is 22.9 Å². The molecule has 41 heavy (non-hydrogen) atoms. The van der Waals surface area contributed by atoms with Gasteiger partial charge in [-0.25, -0.2) is 18.2 Å². The van der Waals surface area contributed by atoms with Gasteiger partial charge in [0.25, 0.3) is 0 Å². The number of anilines is 4. The van der Waals surface area contributed by atoms with Crippen LogP contribution in [0.5, 0.6) is 17.5 Å². The van der Waals surface area contributed by atoms with Crippen molar-refractivity contribution in [3.63, 3.8) is 0 Å². The van der Waals surface area contributed by atoms with E-state index in [1.165, 1.54) is 13.4 Å². The Kier molecular flexibility index (Phi) is 8.47.